The largest absolute Gasteiger partial charge is 0.477 e. The maximum absolute atomic E-state index is 13.1. The van der Waals surface area contributed by atoms with E-state index in [4.69, 9.17) is 16.7 Å². The van der Waals surface area contributed by atoms with Gasteiger partial charge in [0.25, 0.3) is 0 Å². The van der Waals surface area contributed by atoms with E-state index in [-0.39, 0.29) is 15.8 Å². The molecule has 0 aliphatic rings. The number of hydrogen-bond donors (Lipinski definition) is 1. The second-order valence-corrected chi connectivity index (χ2v) is 5.24. The van der Waals surface area contributed by atoms with Crippen LogP contribution in [0.3, 0.4) is 0 Å². The van der Waals surface area contributed by atoms with E-state index in [0.29, 0.717) is 11.7 Å². The van der Waals surface area contributed by atoms with Gasteiger partial charge in [-0.05, 0) is 17.7 Å². The second-order valence-electron chi connectivity index (χ2n) is 3.91. The quantitative estimate of drug-likeness (QED) is 0.941. The van der Waals surface area contributed by atoms with Crippen LogP contribution >= 0.6 is 22.9 Å². The SMILES string of the molecule is CN(Cc1cccc(F)c1)c1nc(Cl)c(C(=O)O)s1. The summed E-state index contributed by atoms with van der Waals surface area (Å²) in [5, 5.41) is 9.35. The minimum absolute atomic E-state index is 0.00255. The van der Waals surface area contributed by atoms with Gasteiger partial charge in [-0.1, -0.05) is 35.1 Å². The third-order valence-electron chi connectivity index (χ3n) is 2.40. The van der Waals surface area contributed by atoms with E-state index in [0.717, 1.165) is 16.9 Å². The normalized spacial score (nSPS) is 10.5. The van der Waals surface area contributed by atoms with Crippen molar-refractivity contribution in [3.8, 4) is 0 Å². The van der Waals surface area contributed by atoms with Gasteiger partial charge in [0.15, 0.2) is 15.2 Å². The fraction of sp³-hybridized carbons (Fsp3) is 0.167. The maximum atomic E-state index is 13.1. The zero-order chi connectivity index (χ0) is 14.0. The molecule has 4 nitrogen and oxygen atoms in total. The first kappa shape index (κ1) is 13.8. The summed E-state index contributed by atoms with van der Waals surface area (Å²) >= 11 is 6.73. The van der Waals surface area contributed by atoms with Gasteiger partial charge in [0.05, 0.1) is 0 Å². The molecule has 0 saturated carbocycles. The summed E-state index contributed by atoms with van der Waals surface area (Å²) in [4.78, 5) is 16.6. The molecule has 0 saturated heterocycles. The van der Waals surface area contributed by atoms with Crippen LogP contribution in [0.15, 0.2) is 24.3 Å². The summed E-state index contributed by atoms with van der Waals surface area (Å²) in [6.45, 7) is 0.417. The van der Waals surface area contributed by atoms with Crippen molar-refractivity contribution in [2.24, 2.45) is 0 Å². The number of benzene rings is 1. The number of rotatable bonds is 4. The zero-order valence-corrected chi connectivity index (χ0v) is 11.5. The fourth-order valence-electron chi connectivity index (χ4n) is 1.56. The molecular weight excluding hydrogens is 291 g/mol. The monoisotopic (exact) mass is 300 g/mol. The Balaban J connectivity index is 2.18. The number of aromatic nitrogens is 1. The summed E-state index contributed by atoms with van der Waals surface area (Å²) in [5.41, 5.74) is 0.769. The van der Waals surface area contributed by atoms with Crippen molar-refractivity contribution in [3.63, 3.8) is 0 Å². The first-order valence-electron chi connectivity index (χ1n) is 5.32. The van der Waals surface area contributed by atoms with Crippen molar-refractivity contribution in [3.05, 3.63) is 45.7 Å². The predicted octanol–water partition coefficient (Wildman–Crippen LogP) is 3.27. The summed E-state index contributed by atoms with van der Waals surface area (Å²) in [6.07, 6.45) is 0. The molecule has 0 radical (unpaired) electrons. The molecule has 0 bridgehead atoms. The van der Waals surface area contributed by atoms with Gasteiger partial charge in [0.2, 0.25) is 0 Å². The Morgan fingerprint density at radius 1 is 1.58 bits per heavy atom. The number of anilines is 1. The summed E-state index contributed by atoms with van der Waals surface area (Å²) < 4.78 is 13.1. The van der Waals surface area contributed by atoms with Crippen LogP contribution in [-0.2, 0) is 6.54 Å². The summed E-state index contributed by atoms with van der Waals surface area (Å²) in [6, 6.07) is 6.19. The minimum Gasteiger partial charge on any atom is -0.477 e. The average Bonchev–Trinajstić information content (AvgIpc) is 2.71. The molecule has 1 aromatic heterocycles. The van der Waals surface area contributed by atoms with Crippen molar-refractivity contribution in [2.75, 3.05) is 11.9 Å². The van der Waals surface area contributed by atoms with E-state index in [1.54, 1.807) is 24.1 Å². The fourth-order valence-corrected chi connectivity index (χ4v) is 2.65. The van der Waals surface area contributed by atoms with Gasteiger partial charge in [0, 0.05) is 13.6 Å². The lowest BCUT2D eigenvalue weighted by atomic mass is 10.2. The molecule has 1 N–H and O–H groups in total. The highest BCUT2D eigenvalue weighted by molar-refractivity contribution is 7.18. The van der Waals surface area contributed by atoms with E-state index in [1.807, 2.05) is 0 Å². The molecule has 1 aromatic carbocycles. The molecule has 1 heterocycles. The van der Waals surface area contributed by atoms with Crippen LogP contribution in [0.5, 0.6) is 0 Å². The van der Waals surface area contributed by atoms with Crippen LogP contribution in [0.2, 0.25) is 5.15 Å². The van der Waals surface area contributed by atoms with E-state index in [9.17, 15) is 9.18 Å². The molecule has 2 aromatic rings. The Morgan fingerprint density at radius 2 is 2.32 bits per heavy atom. The topological polar surface area (TPSA) is 53.4 Å². The third kappa shape index (κ3) is 3.21. The molecule has 100 valence electrons. The maximum Gasteiger partial charge on any atom is 0.349 e. The van der Waals surface area contributed by atoms with Crippen molar-refractivity contribution in [1.82, 2.24) is 4.98 Å². The van der Waals surface area contributed by atoms with E-state index >= 15 is 0 Å². The van der Waals surface area contributed by atoms with Gasteiger partial charge >= 0.3 is 5.97 Å². The van der Waals surface area contributed by atoms with Crippen LogP contribution in [0.4, 0.5) is 9.52 Å². The van der Waals surface area contributed by atoms with Crippen molar-refractivity contribution in [2.45, 2.75) is 6.54 Å². The molecule has 19 heavy (non-hydrogen) atoms. The molecule has 7 heteroatoms. The van der Waals surface area contributed by atoms with Crippen LogP contribution in [0.25, 0.3) is 0 Å². The average molecular weight is 301 g/mol. The van der Waals surface area contributed by atoms with Crippen molar-refractivity contribution >= 4 is 34.0 Å². The molecule has 0 aliphatic heterocycles. The Hall–Kier alpha value is -1.66. The summed E-state index contributed by atoms with van der Waals surface area (Å²) in [7, 11) is 1.74. The third-order valence-corrected chi connectivity index (χ3v) is 3.95. The first-order valence-corrected chi connectivity index (χ1v) is 6.52. The highest BCUT2D eigenvalue weighted by Crippen LogP contribution is 2.29. The zero-order valence-electron chi connectivity index (χ0n) is 9.93. The molecule has 2 rings (SSSR count). The Bertz CT molecular complexity index is 618. The van der Waals surface area contributed by atoms with Crippen molar-refractivity contribution in [1.29, 1.82) is 0 Å². The lowest BCUT2D eigenvalue weighted by Crippen LogP contribution is -2.16. The number of carbonyl (C=O) groups is 1. The van der Waals surface area contributed by atoms with E-state index in [1.165, 1.54) is 12.1 Å². The Morgan fingerprint density at radius 3 is 2.89 bits per heavy atom. The minimum atomic E-state index is -1.10. The van der Waals surface area contributed by atoms with Gasteiger partial charge < -0.3 is 10.0 Å². The summed E-state index contributed by atoms with van der Waals surface area (Å²) in [5.74, 6) is -1.41. The Labute approximate surface area is 118 Å². The highest BCUT2D eigenvalue weighted by Gasteiger charge is 2.17. The van der Waals surface area contributed by atoms with Gasteiger partial charge in [0.1, 0.15) is 5.82 Å². The van der Waals surface area contributed by atoms with E-state index in [2.05, 4.69) is 4.98 Å². The second kappa shape index (κ2) is 5.54. The molecule has 0 amide bonds. The number of aromatic carboxylic acids is 1. The predicted molar refractivity (Wildman–Crippen MR) is 72.6 cm³/mol. The number of carboxylic acid groups (broad SMARTS) is 1. The molecule has 0 aliphatic carbocycles. The van der Waals surface area contributed by atoms with E-state index < -0.39 is 5.97 Å². The number of thiazole rings is 1. The molecule has 0 fully saturated rings. The molecular formula is C12H10ClFN2O2S. The molecule has 0 spiro atoms. The van der Waals surface area contributed by atoms with Crippen molar-refractivity contribution < 1.29 is 14.3 Å². The van der Waals surface area contributed by atoms with Gasteiger partial charge in [-0.3, -0.25) is 0 Å². The lowest BCUT2D eigenvalue weighted by Gasteiger charge is -2.15. The van der Waals surface area contributed by atoms with Crippen LogP contribution in [0.1, 0.15) is 15.2 Å². The highest BCUT2D eigenvalue weighted by atomic mass is 35.5. The van der Waals surface area contributed by atoms with Crippen LogP contribution in [-0.4, -0.2) is 23.1 Å². The van der Waals surface area contributed by atoms with Crippen LogP contribution < -0.4 is 4.90 Å². The number of hydrogen-bond acceptors (Lipinski definition) is 4. The standard InChI is InChI=1S/C12H10ClFN2O2S/c1-16(6-7-3-2-4-8(14)5-7)12-15-10(13)9(19-12)11(17)18/h2-5H,6H2,1H3,(H,17,18). The molecule has 0 unspecified atom stereocenters. The molecule has 0 atom stereocenters. The number of nitrogens with zero attached hydrogens (tertiary/aromatic N) is 2. The van der Waals surface area contributed by atoms with Crippen LogP contribution in [0, 0.1) is 5.82 Å². The Kier molecular flexibility index (Phi) is 4.01. The smallest absolute Gasteiger partial charge is 0.349 e. The first-order chi connectivity index (χ1) is 8.97. The van der Waals surface area contributed by atoms with Gasteiger partial charge in [-0.2, -0.15) is 0 Å². The van der Waals surface area contributed by atoms with Gasteiger partial charge in [-0.15, -0.1) is 0 Å². The lowest BCUT2D eigenvalue weighted by molar-refractivity contribution is 0.0702. The number of carboxylic acids is 1. The number of halogens is 2. The van der Waals surface area contributed by atoms with Gasteiger partial charge in [-0.25, -0.2) is 14.2 Å².